The molecule has 0 aromatic carbocycles. The zero-order valence-electron chi connectivity index (χ0n) is 12.4. The van der Waals surface area contributed by atoms with Crippen LogP contribution in [0.15, 0.2) is 18.3 Å². The second-order valence-corrected chi connectivity index (χ2v) is 5.82. The molecular formula is C15H21N3O3. The molecule has 1 saturated heterocycles. The van der Waals surface area contributed by atoms with Crippen molar-refractivity contribution in [3.63, 3.8) is 0 Å². The highest BCUT2D eigenvalue weighted by Crippen LogP contribution is 2.29. The number of rotatable bonds is 3. The van der Waals surface area contributed by atoms with E-state index < -0.39 is 11.4 Å². The summed E-state index contributed by atoms with van der Waals surface area (Å²) in [6.07, 6.45) is 3.00. The van der Waals surface area contributed by atoms with Gasteiger partial charge in [0.15, 0.2) is 0 Å². The topological polar surface area (TPSA) is 82.5 Å². The van der Waals surface area contributed by atoms with Gasteiger partial charge in [-0.05, 0) is 38.3 Å². The number of hydrogen-bond donors (Lipinski definition) is 2. The van der Waals surface area contributed by atoms with Gasteiger partial charge in [-0.15, -0.1) is 0 Å². The highest BCUT2D eigenvalue weighted by molar-refractivity contribution is 5.78. The molecule has 2 heterocycles. The molecule has 1 aliphatic heterocycles. The molecule has 2 rings (SSSR count). The molecule has 6 nitrogen and oxygen atoms in total. The van der Waals surface area contributed by atoms with Gasteiger partial charge in [-0.3, -0.25) is 9.78 Å². The Balaban J connectivity index is 1.94. The lowest BCUT2D eigenvalue weighted by molar-refractivity contribution is -0.150. The van der Waals surface area contributed by atoms with E-state index in [0.29, 0.717) is 25.9 Å². The molecule has 1 atom stereocenters. The van der Waals surface area contributed by atoms with Crippen molar-refractivity contribution in [2.24, 2.45) is 5.41 Å². The molecule has 2 N–H and O–H groups in total. The van der Waals surface area contributed by atoms with Gasteiger partial charge in [0.05, 0.1) is 17.7 Å². The lowest BCUT2D eigenvalue weighted by atomic mass is 9.82. The number of nitrogens with one attached hydrogen (secondary N) is 1. The Morgan fingerprint density at radius 2 is 2.29 bits per heavy atom. The Hall–Kier alpha value is -2.11. The summed E-state index contributed by atoms with van der Waals surface area (Å²) in [6.45, 7) is 4.83. The fourth-order valence-corrected chi connectivity index (χ4v) is 2.56. The number of hydrogen-bond acceptors (Lipinski definition) is 3. The molecule has 2 amide bonds. The van der Waals surface area contributed by atoms with Crippen molar-refractivity contribution >= 4 is 12.0 Å². The third kappa shape index (κ3) is 3.51. The smallest absolute Gasteiger partial charge is 0.317 e. The molecule has 0 aliphatic carbocycles. The minimum Gasteiger partial charge on any atom is -0.481 e. The molecule has 1 aliphatic rings. The zero-order valence-corrected chi connectivity index (χ0v) is 12.4. The molecule has 6 heteroatoms. The minimum absolute atomic E-state index is 0.229. The first kappa shape index (κ1) is 15.3. The van der Waals surface area contributed by atoms with Crippen LogP contribution < -0.4 is 5.32 Å². The number of carboxylic acids is 1. The highest BCUT2D eigenvalue weighted by Gasteiger charge is 2.39. The van der Waals surface area contributed by atoms with Crippen LogP contribution in [-0.4, -0.2) is 40.1 Å². The molecule has 0 bridgehead atoms. The van der Waals surface area contributed by atoms with Crippen molar-refractivity contribution in [2.45, 2.75) is 33.2 Å². The highest BCUT2D eigenvalue weighted by atomic mass is 16.4. The van der Waals surface area contributed by atoms with E-state index in [1.165, 1.54) is 0 Å². The number of nitrogens with zero attached hydrogens (tertiary/aromatic N) is 2. The zero-order chi connectivity index (χ0) is 15.5. The molecule has 1 unspecified atom stereocenters. The lowest BCUT2D eigenvalue weighted by Gasteiger charge is -2.37. The van der Waals surface area contributed by atoms with E-state index >= 15 is 0 Å². The minimum atomic E-state index is -0.851. The summed E-state index contributed by atoms with van der Waals surface area (Å²) in [5.41, 5.74) is 0.993. The summed E-state index contributed by atoms with van der Waals surface area (Å²) < 4.78 is 0. The maximum absolute atomic E-state index is 12.2. The summed E-state index contributed by atoms with van der Waals surface area (Å²) in [5, 5.41) is 12.1. The first-order valence-electron chi connectivity index (χ1n) is 7.09. The number of amides is 2. The van der Waals surface area contributed by atoms with Gasteiger partial charge in [-0.25, -0.2) is 4.79 Å². The Labute approximate surface area is 124 Å². The second kappa shape index (κ2) is 6.11. The third-order valence-electron chi connectivity index (χ3n) is 4.02. The van der Waals surface area contributed by atoms with E-state index in [2.05, 4.69) is 10.3 Å². The molecule has 1 aromatic rings. The molecule has 0 radical (unpaired) electrons. The standard InChI is InChI=1S/C15H21N3O3/c1-11-5-3-7-16-12(11)9-17-14(21)18-8-4-6-15(2,10-18)13(19)20/h3,5,7H,4,6,8-10H2,1-2H3,(H,17,21)(H,19,20). The van der Waals surface area contributed by atoms with Gasteiger partial charge in [0, 0.05) is 19.3 Å². The predicted molar refractivity (Wildman–Crippen MR) is 77.8 cm³/mol. The normalized spacial score (nSPS) is 21.9. The molecular weight excluding hydrogens is 270 g/mol. The maximum atomic E-state index is 12.2. The third-order valence-corrected chi connectivity index (χ3v) is 4.02. The van der Waals surface area contributed by atoms with Crippen molar-refractivity contribution in [1.82, 2.24) is 15.2 Å². The van der Waals surface area contributed by atoms with Gasteiger partial charge < -0.3 is 15.3 Å². The first-order valence-corrected chi connectivity index (χ1v) is 7.09. The van der Waals surface area contributed by atoms with Crippen molar-refractivity contribution in [3.8, 4) is 0 Å². The van der Waals surface area contributed by atoms with Crippen LogP contribution in [0.1, 0.15) is 31.0 Å². The van der Waals surface area contributed by atoms with E-state index in [9.17, 15) is 14.7 Å². The molecule has 114 valence electrons. The molecule has 0 spiro atoms. The van der Waals surface area contributed by atoms with Gasteiger partial charge in [0.25, 0.3) is 0 Å². The second-order valence-electron chi connectivity index (χ2n) is 5.82. The van der Waals surface area contributed by atoms with Crippen LogP contribution in [0.25, 0.3) is 0 Å². The van der Waals surface area contributed by atoms with Crippen LogP contribution in [0, 0.1) is 12.3 Å². The van der Waals surface area contributed by atoms with Crippen LogP contribution in [-0.2, 0) is 11.3 Å². The number of carbonyl (C=O) groups excluding carboxylic acids is 1. The van der Waals surface area contributed by atoms with Gasteiger partial charge in [0.1, 0.15) is 0 Å². The fraction of sp³-hybridized carbons (Fsp3) is 0.533. The quantitative estimate of drug-likeness (QED) is 0.889. The first-order chi connectivity index (χ1) is 9.92. The van der Waals surface area contributed by atoms with E-state index in [4.69, 9.17) is 0 Å². The van der Waals surface area contributed by atoms with Crippen molar-refractivity contribution in [1.29, 1.82) is 0 Å². The van der Waals surface area contributed by atoms with Crippen molar-refractivity contribution in [3.05, 3.63) is 29.6 Å². The monoisotopic (exact) mass is 291 g/mol. The number of carbonyl (C=O) groups is 2. The number of pyridine rings is 1. The molecule has 21 heavy (non-hydrogen) atoms. The van der Waals surface area contributed by atoms with Crippen LogP contribution >= 0.6 is 0 Å². The average Bonchev–Trinajstić information content (AvgIpc) is 2.46. The van der Waals surface area contributed by atoms with Crippen LogP contribution in [0.5, 0.6) is 0 Å². The summed E-state index contributed by atoms with van der Waals surface area (Å²) in [5.74, 6) is -0.847. The van der Waals surface area contributed by atoms with Crippen LogP contribution in [0.4, 0.5) is 4.79 Å². The Morgan fingerprint density at radius 1 is 1.52 bits per heavy atom. The molecule has 0 saturated carbocycles. The summed E-state index contributed by atoms with van der Waals surface area (Å²) in [6, 6.07) is 3.56. The van der Waals surface area contributed by atoms with Gasteiger partial charge in [-0.1, -0.05) is 6.07 Å². The number of aryl methyl sites for hydroxylation is 1. The van der Waals surface area contributed by atoms with Crippen LogP contribution in [0.3, 0.4) is 0 Å². The number of carboxylic acid groups (broad SMARTS) is 1. The fourth-order valence-electron chi connectivity index (χ4n) is 2.56. The van der Waals surface area contributed by atoms with E-state index in [0.717, 1.165) is 11.3 Å². The van der Waals surface area contributed by atoms with Crippen molar-refractivity contribution < 1.29 is 14.7 Å². The number of aliphatic carboxylic acids is 1. The number of piperidine rings is 1. The summed E-state index contributed by atoms with van der Waals surface area (Å²) >= 11 is 0. The lowest BCUT2D eigenvalue weighted by Crippen LogP contribution is -2.51. The molecule has 1 fully saturated rings. The SMILES string of the molecule is Cc1cccnc1CNC(=O)N1CCCC(C)(C(=O)O)C1. The number of aromatic nitrogens is 1. The summed E-state index contributed by atoms with van der Waals surface area (Å²) in [7, 11) is 0. The predicted octanol–water partition coefficient (Wildman–Crippen LogP) is 1.79. The maximum Gasteiger partial charge on any atom is 0.317 e. The Bertz CT molecular complexity index is 547. The summed E-state index contributed by atoms with van der Waals surface area (Å²) in [4.78, 5) is 29.3. The van der Waals surface area contributed by atoms with E-state index in [1.54, 1.807) is 18.0 Å². The number of urea groups is 1. The Kier molecular flexibility index (Phi) is 4.45. The van der Waals surface area contributed by atoms with E-state index in [-0.39, 0.29) is 12.6 Å². The van der Waals surface area contributed by atoms with Gasteiger partial charge in [-0.2, -0.15) is 0 Å². The van der Waals surface area contributed by atoms with Crippen LogP contribution in [0.2, 0.25) is 0 Å². The molecule has 1 aromatic heterocycles. The van der Waals surface area contributed by atoms with Gasteiger partial charge in [0.2, 0.25) is 0 Å². The van der Waals surface area contributed by atoms with Gasteiger partial charge >= 0.3 is 12.0 Å². The van der Waals surface area contributed by atoms with E-state index in [1.807, 2.05) is 19.1 Å². The van der Waals surface area contributed by atoms with Crippen molar-refractivity contribution in [2.75, 3.05) is 13.1 Å². The number of likely N-dealkylation sites (tertiary alicyclic amines) is 1. The largest absolute Gasteiger partial charge is 0.481 e. The average molecular weight is 291 g/mol. The Morgan fingerprint density at radius 3 is 2.95 bits per heavy atom.